The van der Waals surface area contributed by atoms with Gasteiger partial charge >= 0.3 is 0 Å². The van der Waals surface area contributed by atoms with Gasteiger partial charge in [-0.3, -0.25) is 0 Å². The van der Waals surface area contributed by atoms with Crippen molar-refractivity contribution in [3.05, 3.63) is 47.3 Å². The average Bonchev–Trinajstić information content (AvgIpc) is 2.95. The maximum atomic E-state index is 13.6. The summed E-state index contributed by atoms with van der Waals surface area (Å²) >= 11 is 0. The average molecular weight is 502 g/mol. The second-order valence-corrected chi connectivity index (χ2v) is 7.42. The first kappa shape index (κ1) is 24.3. The summed E-state index contributed by atoms with van der Waals surface area (Å²) in [6.07, 6.45) is 2.18. The van der Waals surface area contributed by atoms with Crippen molar-refractivity contribution < 1.29 is 4.39 Å². The maximum absolute atomic E-state index is 13.6. The fourth-order valence-corrected chi connectivity index (χ4v) is 2.61. The smallest absolute Gasteiger partial charge is 0.191 e. The van der Waals surface area contributed by atoms with Crippen molar-refractivity contribution >= 4 is 29.9 Å². The predicted molar refractivity (Wildman–Crippen MR) is 123 cm³/mol. The number of aryl methyl sites for hydroxylation is 1. The van der Waals surface area contributed by atoms with Crippen LogP contribution in [0.4, 0.5) is 4.39 Å². The SMILES string of the molecule is CCCCNC(=NCc1nnc(C)n1C)NCC(C)(C)c1cccc(F)c1.I. The largest absolute Gasteiger partial charge is 0.356 e. The van der Waals surface area contributed by atoms with Gasteiger partial charge in [0.25, 0.3) is 0 Å². The third kappa shape index (κ3) is 7.03. The van der Waals surface area contributed by atoms with E-state index in [1.54, 1.807) is 12.1 Å². The predicted octanol–water partition coefficient (Wildman–Crippen LogP) is 3.69. The van der Waals surface area contributed by atoms with Crippen molar-refractivity contribution in [2.45, 2.75) is 52.5 Å². The lowest BCUT2D eigenvalue weighted by atomic mass is 9.84. The van der Waals surface area contributed by atoms with Gasteiger partial charge in [-0.25, -0.2) is 9.38 Å². The molecule has 0 saturated heterocycles. The second-order valence-electron chi connectivity index (χ2n) is 7.42. The van der Waals surface area contributed by atoms with E-state index in [1.165, 1.54) is 6.07 Å². The summed E-state index contributed by atoms with van der Waals surface area (Å²) in [5.74, 6) is 2.19. The van der Waals surface area contributed by atoms with Crippen LogP contribution >= 0.6 is 24.0 Å². The Balaban J connectivity index is 0.00000392. The Morgan fingerprint density at radius 3 is 2.61 bits per heavy atom. The van der Waals surface area contributed by atoms with Gasteiger partial charge < -0.3 is 15.2 Å². The number of aliphatic imine (C=N–C) groups is 1. The minimum Gasteiger partial charge on any atom is -0.356 e. The molecule has 6 nitrogen and oxygen atoms in total. The molecule has 0 saturated carbocycles. The highest BCUT2D eigenvalue weighted by Gasteiger charge is 2.21. The Labute approximate surface area is 184 Å². The summed E-state index contributed by atoms with van der Waals surface area (Å²) in [4.78, 5) is 4.65. The van der Waals surface area contributed by atoms with E-state index in [4.69, 9.17) is 0 Å². The van der Waals surface area contributed by atoms with Gasteiger partial charge in [-0.1, -0.05) is 39.3 Å². The number of guanidine groups is 1. The molecule has 1 aromatic heterocycles. The highest BCUT2D eigenvalue weighted by molar-refractivity contribution is 14.0. The zero-order valence-corrected chi connectivity index (χ0v) is 19.8. The molecule has 8 heteroatoms. The highest BCUT2D eigenvalue weighted by atomic mass is 127. The molecule has 0 amide bonds. The normalized spacial score (nSPS) is 11.9. The number of benzene rings is 1. The molecule has 0 fully saturated rings. The summed E-state index contributed by atoms with van der Waals surface area (Å²) in [7, 11) is 1.94. The van der Waals surface area contributed by atoms with Gasteiger partial charge in [0.2, 0.25) is 0 Å². The molecule has 1 heterocycles. The molecule has 0 radical (unpaired) electrons. The first-order valence-electron chi connectivity index (χ1n) is 9.46. The third-order valence-electron chi connectivity index (χ3n) is 4.69. The Morgan fingerprint density at radius 1 is 1.25 bits per heavy atom. The summed E-state index contributed by atoms with van der Waals surface area (Å²) in [6, 6.07) is 6.76. The van der Waals surface area contributed by atoms with E-state index in [0.29, 0.717) is 13.1 Å². The maximum Gasteiger partial charge on any atom is 0.191 e. The lowest BCUT2D eigenvalue weighted by molar-refractivity contribution is 0.502. The highest BCUT2D eigenvalue weighted by Crippen LogP contribution is 2.22. The van der Waals surface area contributed by atoms with Gasteiger partial charge in [0, 0.05) is 25.6 Å². The quantitative estimate of drug-likeness (QED) is 0.250. The lowest BCUT2D eigenvalue weighted by Crippen LogP contribution is -2.43. The molecule has 0 unspecified atom stereocenters. The number of halogens is 2. The van der Waals surface area contributed by atoms with Gasteiger partial charge in [-0.05, 0) is 31.0 Å². The fraction of sp³-hybridized carbons (Fsp3) is 0.550. The van der Waals surface area contributed by atoms with Crippen LogP contribution in [-0.4, -0.2) is 33.8 Å². The molecule has 2 aromatic rings. The Kier molecular flexibility index (Phi) is 9.84. The minimum atomic E-state index is -0.239. The standard InChI is InChI=1S/C20H31FN6.HI/c1-6-7-11-22-19(23-13-18-26-25-15(2)27(18)5)24-14-20(3,4)16-9-8-10-17(21)12-16;/h8-10,12H,6-7,11,13-14H2,1-5H3,(H2,22,23,24);1H. The minimum absolute atomic E-state index is 0. The van der Waals surface area contributed by atoms with Crippen LogP contribution in [0.1, 0.15) is 50.8 Å². The molecule has 0 spiro atoms. The molecular formula is C20H32FIN6. The van der Waals surface area contributed by atoms with Gasteiger partial charge in [-0.15, -0.1) is 34.2 Å². The van der Waals surface area contributed by atoms with Crippen molar-refractivity contribution in [3.8, 4) is 0 Å². The zero-order valence-electron chi connectivity index (χ0n) is 17.4. The van der Waals surface area contributed by atoms with Crippen LogP contribution in [0.15, 0.2) is 29.3 Å². The van der Waals surface area contributed by atoms with E-state index in [9.17, 15) is 4.39 Å². The van der Waals surface area contributed by atoms with Gasteiger partial charge in [-0.2, -0.15) is 0 Å². The molecule has 1 aromatic carbocycles. The third-order valence-corrected chi connectivity index (χ3v) is 4.69. The van der Waals surface area contributed by atoms with E-state index >= 15 is 0 Å². The first-order chi connectivity index (χ1) is 12.8. The molecule has 0 aliphatic carbocycles. The van der Waals surface area contributed by atoms with Crippen molar-refractivity contribution in [3.63, 3.8) is 0 Å². The van der Waals surface area contributed by atoms with Crippen LogP contribution in [0.5, 0.6) is 0 Å². The number of unbranched alkanes of at least 4 members (excludes halogenated alkanes) is 1. The van der Waals surface area contributed by atoms with E-state index in [1.807, 2.05) is 24.6 Å². The molecule has 2 rings (SSSR count). The van der Waals surface area contributed by atoms with E-state index in [-0.39, 0.29) is 35.2 Å². The van der Waals surface area contributed by atoms with E-state index < -0.39 is 0 Å². The lowest BCUT2D eigenvalue weighted by Gasteiger charge is -2.27. The number of hydrogen-bond acceptors (Lipinski definition) is 3. The number of aromatic nitrogens is 3. The topological polar surface area (TPSA) is 67.1 Å². The van der Waals surface area contributed by atoms with Crippen molar-refractivity contribution in [1.29, 1.82) is 0 Å². The van der Waals surface area contributed by atoms with Gasteiger partial charge in [0.1, 0.15) is 18.2 Å². The number of nitrogens with zero attached hydrogens (tertiary/aromatic N) is 4. The van der Waals surface area contributed by atoms with Crippen molar-refractivity contribution in [2.75, 3.05) is 13.1 Å². The molecule has 0 bridgehead atoms. The molecule has 156 valence electrons. The zero-order chi connectivity index (χ0) is 19.9. The molecule has 0 atom stereocenters. The fourth-order valence-electron chi connectivity index (χ4n) is 2.61. The number of rotatable bonds is 8. The summed E-state index contributed by atoms with van der Waals surface area (Å²) in [6.45, 7) is 10.2. The van der Waals surface area contributed by atoms with Crippen LogP contribution in [0.2, 0.25) is 0 Å². The summed E-state index contributed by atoms with van der Waals surface area (Å²) in [5.41, 5.74) is 0.711. The summed E-state index contributed by atoms with van der Waals surface area (Å²) in [5, 5.41) is 15.0. The van der Waals surface area contributed by atoms with Gasteiger partial charge in [0.05, 0.1) is 0 Å². The molecule has 28 heavy (non-hydrogen) atoms. The van der Waals surface area contributed by atoms with E-state index in [0.717, 1.165) is 42.6 Å². The molecule has 0 aliphatic rings. The Bertz CT molecular complexity index is 772. The van der Waals surface area contributed by atoms with E-state index in [2.05, 4.69) is 46.6 Å². The molecule has 2 N–H and O–H groups in total. The molecular weight excluding hydrogens is 470 g/mol. The Morgan fingerprint density at radius 2 is 2.00 bits per heavy atom. The van der Waals surface area contributed by atoms with Crippen LogP contribution in [0.3, 0.4) is 0 Å². The molecule has 0 aliphatic heterocycles. The Hall–Kier alpha value is -1.71. The number of nitrogens with one attached hydrogen (secondary N) is 2. The van der Waals surface area contributed by atoms with Crippen LogP contribution in [0, 0.1) is 12.7 Å². The van der Waals surface area contributed by atoms with Crippen molar-refractivity contribution in [1.82, 2.24) is 25.4 Å². The number of hydrogen-bond donors (Lipinski definition) is 2. The van der Waals surface area contributed by atoms with Crippen LogP contribution in [-0.2, 0) is 19.0 Å². The van der Waals surface area contributed by atoms with Gasteiger partial charge in [0.15, 0.2) is 11.8 Å². The van der Waals surface area contributed by atoms with Crippen LogP contribution < -0.4 is 10.6 Å². The van der Waals surface area contributed by atoms with Crippen LogP contribution in [0.25, 0.3) is 0 Å². The summed E-state index contributed by atoms with van der Waals surface area (Å²) < 4.78 is 15.5. The van der Waals surface area contributed by atoms with Crippen molar-refractivity contribution in [2.24, 2.45) is 12.0 Å². The second kappa shape index (κ2) is 11.3. The first-order valence-corrected chi connectivity index (χ1v) is 9.46. The monoisotopic (exact) mass is 502 g/mol.